The molecule has 1 aromatic heterocycles. The van der Waals surface area contributed by atoms with Gasteiger partial charge < -0.3 is 10.4 Å². The minimum absolute atomic E-state index is 0.279. The lowest BCUT2D eigenvalue weighted by molar-refractivity contribution is 0.0697. The Labute approximate surface area is 116 Å². The van der Waals surface area contributed by atoms with Gasteiger partial charge in [0, 0.05) is 12.7 Å². The van der Waals surface area contributed by atoms with Crippen LogP contribution in [0, 0.1) is 11.3 Å². The Balaban J connectivity index is 1.98. The van der Waals surface area contributed by atoms with Crippen molar-refractivity contribution >= 4 is 11.7 Å². The molecule has 2 rings (SSSR count). The average Bonchev–Trinajstić information content (AvgIpc) is 2.48. The van der Waals surface area contributed by atoms with Crippen LogP contribution in [-0.2, 0) is 6.42 Å². The summed E-state index contributed by atoms with van der Waals surface area (Å²) in [4.78, 5) is 14.8. The molecule has 5 heteroatoms. The van der Waals surface area contributed by atoms with Crippen molar-refractivity contribution in [3.05, 3.63) is 59.4 Å². The Hall–Kier alpha value is -2.87. The van der Waals surface area contributed by atoms with Gasteiger partial charge in [0.2, 0.25) is 0 Å². The van der Waals surface area contributed by atoms with E-state index in [0.717, 1.165) is 5.56 Å². The van der Waals surface area contributed by atoms with Crippen LogP contribution < -0.4 is 5.32 Å². The van der Waals surface area contributed by atoms with E-state index in [0.29, 0.717) is 24.3 Å². The Morgan fingerprint density at radius 1 is 1.35 bits per heavy atom. The number of hydrogen-bond donors (Lipinski definition) is 2. The summed E-state index contributed by atoms with van der Waals surface area (Å²) in [5.41, 5.74) is 2.25. The highest BCUT2D eigenvalue weighted by Gasteiger charge is 2.04. The SMILES string of the molecule is N#Cc1ncccc1NCCc1cccc(C(=O)O)c1. The molecule has 0 unspecified atom stereocenters. The van der Waals surface area contributed by atoms with Gasteiger partial charge in [-0.1, -0.05) is 12.1 Å². The van der Waals surface area contributed by atoms with Crippen molar-refractivity contribution in [1.82, 2.24) is 4.98 Å². The molecule has 0 aliphatic carbocycles. The molecule has 0 spiro atoms. The summed E-state index contributed by atoms with van der Waals surface area (Å²) in [5, 5.41) is 21.0. The van der Waals surface area contributed by atoms with E-state index in [9.17, 15) is 4.79 Å². The van der Waals surface area contributed by atoms with E-state index in [4.69, 9.17) is 10.4 Å². The van der Waals surface area contributed by atoms with Crippen LogP contribution >= 0.6 is 0 Å². The van der Waals surface area contributed by atoms with Gasteiger partial charge >= 0.3 is 5.97 Å². The summed E-state index contributed by atoms with van der Waals surface area (Å²) in [5.74, 6) is -0.932. The molecule has 5 nitrogen and oxygen atoms in total. The standard InChI is InChI=1S/C15H13N3O2/c16-10-14-13(5-2-7-17-14)18-8-6-11-3-1-4-12(9-11)15(19)20/h1-5,7,9,18H,6,8H2,(H,19,20). The Kier molecular flexibility index (Phi) is 4.30. The van der Waals surface area contributed by atoms with E-state index >= 15 is 0 Å². The zero-order valence-corrected chi connectivity index (χ0v) is 10.7. The van der Waals surface area contributed by atoms with Gasteiger partial charge in [-0.3, -0.25) is 0 Å². The maximum atomic E-state index is 10.9. The van der Waals surface area contributed by atoms with E-state index in [1.54, 1.807) is 36.5 Å². The number of carboxylic acids is 1. The molecule has 0 saturated carbocycles. The van der Waals surface area contributed by atoms with Gasteiger partial charge in [0.25, 0.3) is 0 Å². The fourth-order valence-electron chi connectivity index (χ4n) is 1.84. The van der Waals surface area contributed by atoms with Gasteiger partial charge in [-0.25, -0.2) is 9.78 Å². The van der Waals surface area contributed by atoms with Crippen LogP contribution in [0.15, 0.2) is 42.6 Å². The van der Waals surface area contributed by atoms with Crippen LogP contribution in [0.5, 0.6) is 0 Å². The number of aromatic nitrogens is 1. The Morgan fingerprint density at radius 3 is 2.95 bits per heavy atom. The monoisotopic (exact) mass is 267 g/mol. The first kappa shape index (κ1) is 13.6. The van der Waals surface area contributed by atoms with Crippen molar-refractivity contribution in [1.29, 1.82) is 5.26 Å². The Bertz CT molecular complexity index is 662. The highest BCUT2D eigenvalue weighted by Crippen LogP contribution is 2.11. The molecule has 0 bridgehead atoms. The highest BCUT2D eigenvalue weighted by atomic mass is 16.4. The molecule has 20 heavy (non-hydrogen) atoms. The first-order chi connectivity index (χ1) is 9.70. The van der Waals surface area contributed by atoms with Crippen LogP contribution in [0.1, 0.15) is 21.6 Å². The fraction of sp³-hybridized carbons (Fsp3) is 0.133. The molecule has 1 heterocycles. The maximum absolute atomic E-state index is 10.9. The van der Waals surface area contributed by atoms with Crippen molar-refractivity contribution in [2.24, 2.45) is 0 Å². The van der Waals surface area contributed by atoms with Crippen LogP contribution in [0.25, 0.3) is 0 Å². The maximum Gasteiger partial charge on any atom is 0.335 e. The van der Waals surface area contributed by atoms with E-state index in [2.05, 4.69) is 10.3 Å². The summed E-state index contributed by atoms with van der Waals surface area (Å²) >= 11 is 0. The van der Waals surface area contributed by atoms with E-state index < -0.39 is 5.97 Å². The van der Waals surface area contributed by atoms with Gasteiger partial charge in [-0.2, -0.15) is 5.26 Å². The number of rotatable bonds is 5. The molecule has 0 aliphatic heterocycles. The molecule has 2 N–H and O–H groups in total. The summed E-state index contributed by atoms with van der Waals surface area (Å²) < 4.78 is 0. The Morgan fingerprint density at radius 2 is 2.20 bits per heavy atom. The van der Waals surface area contributed by atoms with Crippen molar-refractivity contribution in [3.63, 3.8) is 0 Å². The second-order valence-corrected chi connectivity index (χ2v) is 4.19. The van der Waals surface area contributed by atoms with Crippen LogP contribution in [-0.4, -0.2) is 22.6 Å². The van der Waals surface area contributed by atoms with Gasteiger partial charge in [0.05, 0.1) is 11.3 Å². The zero-order valence-electron chi connectivity index (χ0n) is 10.7. The number of anilines is 1. The molecule has 1 aromatic carbocycles. The number of nitrogens with one attached hydrogen (secondary N) is 1. The van der Waals surface area contributed by atoms with Crippen LogP contribution in [0.4, 0.5) is 5.69 Å². The van der Waals surface area contributed by atoms with Gasteiger partial charge in [0.15, 0.2) is 5.69 Å². The molecule has 100 valence electrons. The van der Waals surface area contributed by atoms with Crippen LogP contribution in [0.2, 0.25) is 0 Å². The molecule has 0 radical (unpaired) electrons. The lowest BCUT2D eigenvalue weighted by Gasteiger charge is -2.07. The van der Waals surface area contributed by atoms with Gasteiger partial charge in [-0.15, -0.1) is 0 Å². The quantitative estimate of drug-likeness (QED) is 0.868. The molecule has 0 fully saturated rings. The van der Waals surface area contributed by atoms with E-state index in [-0.39, 0.29) is 5.56 Å². The van der Waals surface area contributed by atoms with Crippen LogP contribution in [0.3, 0.4) is 0 Å². The second-order valence-electron chi connectivity index (χ2n) is 4.19. The molecule has 0 saturated heterocycles. The molecule has 0 aliphatic rings. The fourth-order valence-corrected chi connectivity index (χ4v) is 1.84. The number of carboxylic acid groups (broad SMARTS) is 1. The van der Waals surface area contributed by atoms with Crippen molar-refractivity contribution < 1.29 is 9.90 Å². The lowest BCUT2D eigenvalue weighted by atomic mass is 10.1. The number of nitrogens with zero attached hydrogens (tertiary/aromatic N) is 2. The topological polar surface area (TPSA) is 86.0 Å². The first-order valence-corrected chi connectivity index (χ1v) is 6.12. The van der Waals surface area contributed by atoms with Gasteiger partial charge in [-0.05, 0) is 36.2 Å². The van der Waals surface area contributed by atoms with Crippen molar-refractivity contribution in [2.45, 2.75) is 6.42 Å². The predicted octanol–water partition coefficient (Wildman–Crippen LogP) is 2.31. The molecular weight excluding hydrogens is 254 g/mol. The first-order valence-electron chi connectivity index (χ1n) is 6.12. The van der Waals surface area contributed by atoms with E-state index in [1.165, 1.54) is 0 Å². The molecule has 0 atom stereocenters. The third-order valence-corrected chi connectivity index (χ3v) is 2.82. The van der Waals surface area contributed by atoms with Crippen molar-refractivity contribution in [2.75, 3.05) is 11.9 Å². The third-order valence-electron chi connectivity index (χ3n) is 2.82. The molecule has 2 aromatic rings. The number of benzene rings is 1. The number of pyridine rings is 1. The smallest absolute Gasteiger partial charge is 0.335 e. The summed E-state index contributed by atoms with van der Waals surface area (Å²) in [6.07, 6.45) is 2.24. The predicted molar refractivity (Wildman–Crippen MR) is 74.5 cm³/mol. The average molecular weight is 267 g/mol. The molecule has 0 amide bonds. The number of nitriles is 1. The highest BCUT2D eigenvalue weighted by molar-refractivity contribution is 5.87. The minimum Gasteiger partial charge on any atom is -0.478 e. The number of carbonyl (C=O) groups is 1. The van der Waals surface area contributed by atoms with Crippen molar-refractivity contribution in [3.8, 4) is 6.07 Å². The minimum atomic E-state index is -0.932. The third kappa shape index (κ3) is 3.33. The second kappa shape index (κ2) is 6.34. The molecular formula is C15H13N3O2. The summed E-state index contributed by atoms with van der Waals surface area (Å²) in [7, 11) is 0. The number of aromatic carboxylic acids is 1. The normalized spacial score (nSPS) is 9.75. The summed E-state index contributed by atoms with van der Waals surface area (Å²) in [6, 6.07) is 12.4. The largest absolute Gasteiger partial charge is 0.478 e. The lowest BCUT2D eigenvalue weighted by Crippen LogP contribution is -2.07. The number of hydrogen-bond acceptors (Lipinski definition) is 4. The van der Waals surface area contributed by atoms with E-state index in [1.807, 2.05) is 12.1 Å². The zero-order chi connectivity index (χ0) is 14.4. The van der Waals surface area contributed by atoms with Gasteiger partial charge in [0.1, 0.15) is 6.07 Å². The summed E-state index contributed by atoms with van der Waals surface area (Å²) in [6.45, 7) is 0.601.